The maximum atomic E-state index is 12.7. The topological polar surface area (TPSA) is 74.0 Å². The second-order valence-corrected chi connectivity index (χ2v) is 6.89. The van der Waals surface area contributed by atoms with Crippen molar-refractivity contribution in [3.8, 4) is 0 Å². The number of halogens is 1. The van der Waals surface area contributed by atoms with E-state index in [0.29, 0.717) is 10.7 Å². The molecule has 2 heterocycles. The molecule has 0 spiro atoms. The van der Waals surface area contributed by atoms with Gasteiger partial charge in [-0.1, -0.05) is 36.7 Å². The van der Waals surface area contributed by atoms with E-state index in [9.17, 15) is 9.59 Å². The largest absolute Gasteiger partial charge is 0.351 e. The van der Waals surface area contributed by atoms with Crippen LogP contribution in [0.2, 0.25) is 5.02 Å². The fourth-order valence-electron chi connectivity index (χ4n) is 3.57. The van der Waals surface area contributed by atoms with E-state index in [1.165, 1.54) is 0 Å². The average Bonchev–Trinajstić information content (AvgIpc) is 3.05. The summed E-state index contributed by atoms with van der Waals surface area (Å²) < 4.78 is 0. The summed E-state index contributed by atoms with van der Waals surface area (Å²) in [6.07, 6.45) is 0.748. The molecule has 1 aliphatic heterocycles. The highest BCUT2D eigenvalue weighted by atomic mass is 35.5. The summed E-state index contributed by atoms with van der Waals surface area (Å²) in [6, 6.07) is 14.2. The number of aromatic amines is 1. The van der Waals surface area contributed by atoms with E-state index in [4.69, 9.17) is 11.6 Å². The van der Waals surface area contributed by atoms with Gasteiger partial charge >= 0.3 is 0 Å². The Morgan fingerprint density at radius 1 is 1.19 bits per heavy atom. The maximum Gasteiger partial charge on any atom is 0.268 e. The smallest absolute Gasteiger partial charge is 0.268 e. The Labute approximate surface area is 155 Å². The molecule has 0 saturated heterocycles. The van der Waals surface area contributed by atoms with E-state index >= 15 is 0 Å². The quantitative estimate of drug-likeness (QED) is 0.653. The maximum absolute atomic E-state index is 12.7. The second-order valence-electron chi connectivity index (χ2n) is 6.46. The first-order valence-corrected chi connectivity index (χ1v) is 8.93. The van der Waals surface area contributed by atoms with Crippen molar-refractivity contribution in [2.75, 3.05) is 5.32 Å². The fourth-order valence-corrected chi connectivity index (χ4v) is 3.75. The number of fused-ring (bicyclic) bond motifs is 2. The summed E-state index contributed by atoms with van der Waals surface area (Å²) in [4.78, 5) is 28.4. The van der Waals surface area contributed by atoms with Crippen molar-refractivity contribution in [2.45, 2.75) is 25.3 Å². The molecule has 0 bridgehead atoms. The predicted molar refractivity (Wildman–Crippen MR) is 103 cm³/mol. The third kappa shape index (κ3) is 2.84. The molecule has 132 valence electrons. The molecule has 0 aliphatic carbocycles. The number of amides is 2. The van der Waals surface area contributed by atoms with Crippen molar-refractivity contribution in [1.29, 1.82) is 0 Å². The Kier molecular flexibility index (Phi) is 4.17. The Hall–Kier alpha value is -2.79. The lowest BCUT2D eigenvalue weighted by molar-refractivity contribution is -0.118. The Balaban J connectivity index is 1.62. The minimum Gasteiger partial charge on any atom is -0.351 e. The van der Waals surface area contributed by atoms with Crippen LogP contribution in [0, 0.1) is 0 Å². The van der Waals surface area contributed by atoms with Gasteiger partial charge in [0.05, 0.1) is 0 Å². The number of carbonyl (C=O) groups is 2. The van der Waals surface area contributed by atoms with Crippen LogP contribution in [0.25, 0.3) is 10.9 Å². The standard InChI is InChI=1S/C20H18ClN3O2/c1-2-13-14-5-3-4-6-16(14)23-20(26)18(13)24-19(25)17-10-11-9-12(21)7-8-15(11)22-17/h3-10,13,18,22H,2H2,1H3,(H,23,26)(H,24,25). The molecule has 3 N–H and O–H groups in total. The molecule has 2 unspecified atom stereocenters. The number of para-hydroxylation sites is 1. The highest BCUT2D eigenvalue weighted by Gasteiger charge is 2.35. The monoisotopic (exact) mass is 367 g/mol. The van der Waals surface area contributed by atoms with Crippen molar-refractivity contribution in [2.24, 2.45) is 0 Å². The second kappa shape index (κ2) is 6.50. The summed E-state index contributed by atoms with van der Waals surface area (Å²) in [5, 5.41) is 7.23. The summed E-state index contributed by atoms with van der Waals surface area (Å²) >= 11 is 6.00. The van der Waals surface area contributed by atoms with Crippen LogP contribution in [0.5, 0.6) is 0 Å². The van der Waals surface area contributed by atoms with E-state index in [2.05, 4.69) is 15.6 Å². The van der Waals surface area contributed by atoms with Crippen molar-refractivity contribution >= 4 is 40.0 Å². The number of nitrogens with one attached hydrogen (secondary N) is 3. The van der Waals surface area contributed by atoms with Crippen molar-refractivity contribution in [3.63, 3.8) is 0 Å². The van der Waals surface area contributed by atoms with Crippen LogP contribution in [-0.2, 0) is 4.79 Å². The van der Waals surface area contributed by atoms with E-state index in [0.717, 1.165) is 28.6 Å². The summed E-state index contributed by atoms with van der Waals surface area (Å²) in [6.45, 7) is 2.02. The molecule has 5 nitrogen and oxygen atoms in total. The van der Waals surface area contributed by atoms with Crippen LogP contribution in [0.4, 0.5) is 5.69 Å². The molecule has 0 fully saturated rings. The van der Waals surface area contributed by atoms with Gasteiger partial charge in [-0.05, 0) is 42.3 Å². The molecule has 0 radical (unpaired) electrons. The van der Waals surface area contributed by atoms with Crippen LogP contribution < -0.4 is 10.6 Å². The first-order valence-electron chi connectivity index (χ1n) is 8.55. The highest BCUT2D eigenvalue weighted by Crippen LogP contribution is 2.34. The highest BCUT2D eigenvalue weighted by molar-refractivity contribution is 6.31. The van der Waals surface area contributed by atoms with Crippen LogP contribution in [0.15, 0.2) is 48.5 Å². The number of benzene rings is 2. The predicted octanol–water partition coefficient (Wildman–Crippen LogP) is 4.07. The molecular weight excluding hydrogens is 350 g/mol. The average molecular weight is 368 g/mol. The SMILES string of the molecule is CCC1c2ccccc2NC(=O)C1NC(=O)c1cc2cc(Cl)ccc2[nH]1. The molecule has 0 saturated carbocycles. The van der Waals surface area contributed by atoms with Crippen molar-refractivity contribution in [1.82, 2.24) is 10.3 Å². The molecule has 2 atom stereocenters. The van der Waals surface area contributed by atoms with Crippen LogP contribution in [0.3, 0.4) is 0 Å². The number of hydrogen-bond acceptors (Lipinski definition) is 2. The van der Waals surface area contributed by atoms with E-state index in [1.54, 1.807) is 18.2 Å². The lowest BCUT2D eigenvalue weighted by Gasteiger charge is -2.32. The number of H-pyrrole nitrogens is 1. The zero-order valence-electron chi connectivity index (χ0n) is 14.2. The van der Waals surface area contributed by atoms with E-state index in [1.807, 2.05) is 37.3 Å². The van der Waals surface area contributed by atoms with Crippen LogP contribution in [-0.4, -0.2) is 22.8 Å². The number of anilines is 1. The first-order chi connectivity index (χ1) is 12.6. The molecule has 3 aromatic rings. The lowest BCUT2D eigenvalue weighted by atomic mass is 9.84. The number of hydrogen-bond donors (Lipinski definition) is 3. The lowest BCUT2D eigenvalue weighted by Crippen LogP contribution is -2.50. The van der Waals surface area contributed by atoms with Gasteiger partial charge in [0.25, 0.3) is 5.91 Å². The molecule has 6 heteroatoms. The molecule has 4 rings (SSSR count). The molecular formula is C20H18ClN3O2. The molecule has 26 heavy (non-hydrogen) atoms. The summed E-state index contributed by atoms with van der Waals surface area (Å²) in [5.74, 6) is -0.568. The molecule has 1 aromatic heterocycles. The molecule has 1 aliphatic rings. The van der Waals surface area contributed by atoms with Gasteiger partial charge in [0.2, 0.25) is 5.91 Å². The Bertz CT molecular complexity index is 1010. The van der Waals surface area contributed by atoms with Crippen molar-refractivity contribution in [3.05, 3.63) is 64.8 Å². The van der Waals surface area contributed by atoms with Gasteiger partial charge in [-0.3, -0.25) is 9.59 Å². The minimum absolute atomic E-state index is 0.0669. The van der Waals surface area contributed by atoms with Gasteiger partial charge < -0.3 is 15.6 Å². The van der Waals surface area contributed by atoms with Gasteiger partial charge in [-0.2, -0.15) is 0 Å². The van der Waals surface area contributed by atoms with Gasteiger partial charge in [0, 0.05) is 27.5 Å². The van der Waals surface area contributed by atoms with Gasteiger partial charge in [0.15, 0.2) is 0 Å². The zero-order chi connectivity index (χ0) is 18.3. The first kappa shape index (κ1) is 16.7. The summed E-state index contributed by atoms with van der Waals surface area (Å²) in [5.41, 5.74) is 3.09. The third-order valence-corrected chi connectivity index (χ3v) is 5.09. The number of rotatable bonds is 3. The van der Waals surface area contributed by atoms with Crippen LogP contribution >= 0.6 is 11.6 Å². The summed E-state index contributed by atoms with van der Waals surface area (Å²) in [7, 11) is 0. The van der Waals surface area contributed by atoms with E-state index in [-0.39, 0.29) is 17.7 Å². The number of aromatic nitrogens is 1. The number of carbonyl (C=O) groups excluding carboxylic acids is 2. The van der Waals surface area contributed by atoms with Crippen LogP contribution in [0.1, 0.15) is 35.3 Å². The van der Waals surface area contributed by atoms with Gasteiger partial charge in [-0.15, -0.1) is 0 Å². The Morgan fingerprint density at radius 3 is 2.81 bits per heavy atom. The normalized spacial score (nSPS) is 19.1. The van der Waals surface area contributed by atoms with Gasteiger partial charge in [0.1, 0.15) is 11.7 Å². The molecule has 2 amide bonds. The van der Waals surface area contributed by atoms with Gasteiger partial charge in [-0.25, -0.2) is 0 Å². The fraction of sp³-hybridized carbons (Fsp3) is 0.200. The minimum atomic E-state index is -0.614. The zero-order valence-corrected chi connectivity index (χ0v) is 14.9. The van der Waals surface area contributed by atoms with E-state index < -0.39 is 6.04 Å². The third-order valence-electron chi connectivity index (χ3n) is 4.86. The van der Waals surface area contributed by atoms with Crippen molar-refractivity contribution < 1.29 is 9.59 Å². The molecule has 2 aromatic carbocycles. The Morgan fingerprint density at radius 2 is 2.00 bits per heavy atom.